The number of nitrogens with zero attached hydrogens (tertiary/aromatic N) is 10. The first kappa shape index (κ1) is 83.2. The molecule has 10 heterocycles. The molecule has 5 amide bonds. The lowest BCUT2D eigenvalue weighted by Crippen LogP contribution is -2.36. The molecule has 120 heavy (non-hydrogen) atoms. The molecular formula is C84H82Cl5F6N15O10. The van der Waals surface area contributed by atoms with E-state index >= 15 is 0 Å². The summed E-state index contributed by atoms with van der Waals surface area (Å²) in [4.78, 5) is 62.9. The largest absolute Gasteiger partial charge is 0.477 e. The average molecular weight is 1750 g/mol. The van der Waals surface area contributed by atoms with E-state index in [4.69, 9.17) is 81.7 Å². The molecule has 5 fully saturated rings. The highest BCUT2D eigenvalue weighted by atomic mass is 35.5. The smallest absolute Gasteiger partial charge is 0.300 e. The molecule has 5 saturated carbocycles. The molecule has 2 unspecified atom stereocenters. The van der Waals surface area contributed by atoms with Gasteiger partial charge in [-0.05, 0) is 186 Å². The Hall–Kier alpha value is -10.5. The fourth-order valence-electron chi connectivity index (χ4n) is 14.2. The molecule has 5 N–H and O–H groups in total. The number of carbonyl (C=O) groups excluding carboxylic acids is 5. The molecule has 5 aliphatic heterocycles. The predicted octanol–water partition coefficient (Wildman–Crippen LogP) is 16.4. The zero-order chi connectivity index (χ0) is 84.3. The zero-order valence-electron chi connectivity index (χ0n) is 65.3. The highest BCUT2D eigenvalue weighted by Gasteiger charge is 2.43. The van der Waals surface area contributed by atoms with Gasteiger partial charge in [0.15, 0.2) is 47.4 Å². The topological polar surface area (TPSA) is 281 Å². The Labute approximate surface area is 709 Å². The SMILES string of the molecule is CC1CCOc2c(-c3ccc(Cl)cc3)c(C(=O)NC3CC3)nn21.CC1CCn2nc(C(=O)NC3CC3)c(-c3ccc(Cl)cc3)c2O1.Cc1cc(Cl)ccc1-c1c(C(=O)NC2CC2)nn2c1OCC(F)(F)C2.Cc1cc(Cl)ccc1-c1c(C(=O)NC2CC2)nn2c1OC[C@@H](F)C2.O=C(NC1CC1)c1nn2c(c1-c1cc(F)c(Cl)cc1F)OC[C@@H](F)C2. The van der Waals surface area contributed by atoms with E-state index in [1.54, 1.807) is 28.9 Å². The number of halogens is 11. The number of amides is 5. The number of nitrogens with one attached hydrogen (secondary N) is 5. The monoisotopic (exact) mass is 1750 g/mol. The van der Waals surface area contributed by atoms with Gasteiger partial charge in [-0.15, -0.1) is 0 Å². The molecule has 5 aromatic carbocycles. The van der Waals surface area contributed by atoms with Crippen LogP contribution in [0.2, 0.25) is 25.1 Å². The molecule has 0 radical (unpaired) electrons. The third-order valence-electron chi connectivity index (χ3n) is 21.2. The number of rotatable bonds is 15. The average Bonchev–Trinajstić information content (AvgIpc) is 1.61. The Morgan fingerprint density at radius 3 is 1.26 bits per heavy atom. The van der Waals surface area contributed by atoms with E-state index in [9.17, 15) is 50.3 Å². The van der Waals surface area contributed by atoms with Gasteiger partial charge in [0.2, 0.25) is 29.4 Å². The van der Waals surface area contributed by atoms with Gasteiger partial charge < -0.3 is 50.3 Å². The molecule has 25 nitrogen and oxygen atoms in total. The van der Waals surface area contributed by atoms with Crippen molar-refractivity contribution >= 4 is 87.5 Å². The van der Waals surface area contributed by atoms with Crippen LogP contribution in [-0.4, -0.2) is 159 Å². The Bertz CT molecular complexity index is 5630. The highest BCUT2D eigenvalue weighted by molar-refractivity contribution is 6.32. The van der Waals surface area contributed by atoms with Gasteiger partial charge in [-0.2, -0.15) is 25.5 Å². The Balaban J connectivity index is 0.000000112. The number of aryl methyl sites for hydroxylation is 3. The summed E-state index contributed by atoms with van der Waals surface area (Å²) in [6.45, 7) is 7.60. The fraction of sp³-hybridized carbons (Fsp3) is 0.405. The second-order valence-electron chi connectivity index (χ2n) is 31.4. The van der Waals surface area contributed by atoms with E-state index in [-0.39, 0.29) is 131 Å². The van der Waals surface area contributed by atoms with Crippen LogP contribution in [0, 0.1) is 25.5 Å². The van der Waals surface area contributed by atoms with Crippen molar-refractivity contribution in [1.82, 2.24) is 75.5 Å². The van der Waals surface area contributed by atoms with Gasteiger partial charge in [0.25, 0.3) is 29.5 Å². The maximum atomic E-state index is 14.4. The Morgan fingerprint density at radius 1 is 0.425 bits per heavy atom. The summed E-state index contributed by atoms with van der Waals surface area (Å²) in [7, 11) is 0. The van der Waals surface area contributed by atoms with E-state index in [1.165, 1.54) is 4.68 Å². The van der Waals surface area contributed by atoms with Crippen LogP contribution in [0.25, 0.3) is 55.6 Å². The van der Waals surface area contributed by atoms with E-state index in [0.29, 0.717) is 78.5 Å². The molecule has 0 saturated heterocycles. The van der Waals surface area contributed by atoms with Gasteiger partial charge in [0.1, 0.15) is 31.4 Å². The number of ether oxygens (including phenoxy) is 5. The molecule has 0 bridgehead atoms. The second-order valence-corrected chi connectivity index (χ2v) is 33.6. The maximum absolute atomic E-state index is 14.4. The lowest BCUT2D eigenvalue weighted by molar-refractivity contribution is -0.0793. The molecule has 10 aliphatic rings. The van der Waals surface area contributed by atoms with E-state index in [1.807, 2.05) is 86.1 Å². The van der Waals surface area contributed by atoms with Crippen molar-refractivity contribution in [3.05, 3.63) is 173 Å². The van der Waals surface area contributed by atoms with Crippen molar-refractivity contribution in [2.45, 2.75) is 192 Å². The first-order chi connectivity index (χ1) is 57.5. The zero-order valence-corrected chi connectivity index (χ0v) is 69.1. The lowest BCUT2D eigenvalue weighted by Gasteiger charge is -2.24. The van der Waals surface area contributed by atoms with Crippen molar-refractivity contribution in [1.29, 1.82) is 0 Å². The van der Waals surface area contributed by atoms with Gasteiger partial charge in [0.05, 0.1) is 64.7 Å². The first-order valence-electron chi connectivity index (χ1n) is 39.7. The predicted molar refractivity (Wildman–Crippen MR) is 436 cm³/mol. The van der Waals surface area contributed by atoms with Gasteiger partial charge >= 0.3 is 5.92 Å². The molecule has 20 rings (SSSR count). The van der Waals surface area contributed by atoms with E-state index in [2.05, 4.69) is 59.0 Å². The number of carbonyl (C=O) groups is 5. The summed E-state index contributed by atoms with van der Waals surface area (Å²) in [6, 6.07) is 28.4. The number of hydrogen-bond donors (Lipinski definition) is 5. The van der Waals surface area contributed by atoms with E-state index in [0.717, 1.165) is 144 Å². The molecule has 0 spiro atoms. The van der Waals surface area contributed by atoms with Crippen LogP contribution in [0.5, 0.6) is 29.4 Å². The Morgan fingerprint density at radius 2 is 0.817 bits per heavy atom. The number of alkyl halides is 4. The van der Waals surface area contributed by atoms with Crippen LogP contribution >= 0.6 is 58.0 Å². The summed E-state index contributed by atoms with van der Waals surface area (Å²) in [6.07, 6.45) is 9.14. The number of fused-ring (bicyclic) bond motifs is 5. The maximum Gasteiger partial charge on any atom is 0.300 e. The molecule has 5 aromatic heterocycles. The molecule has 630 valence electrons. The summed E-state index contributed by atoms with van der Waals surface area (Å²) in [5, 5.41) is 38.3. The third kappa shape index (κ3) is 18.8. The fourth-order valence-corrected chi connectivity index (χ4v) is 15.0. The van der Waals surface area contributed by atoms with Crippen LogP contribution in [0.4, 0.5) is 26.3 Å². The van der Waals surface area contributed by atoms with Crippen molar-refractivity contribution in [2.24, 2.45) is 0 Å². The molecule has 10 aromatic rings. The second kappa shape index (κ2) is 34.6. The molecule has 36 heteroatoms. The van der Waals surface area contributed by atoms with Crippen molar-refractivity contribution in [3.63, 3.8) is 0 Å². The quantitative estimate of drug-likeness (QED) is 0.0471. The van der Waals surface area contributed by atoms with Crippen molar-refractivity contribution in [3.8, 4) is 85.0 Å². The summed E-state index contributed by atoms with van der Waals surface area (Å²) >= 11 is 29.6. The van der Waals surface area contributed by atoms with Crippen molar-refractivity contribution < 1.29 is 74.0 Å². The van der Waals surface area contributed by atoms with Gasteiger partial charge in [0, 0.05) is 75.2 Å². The first-order valence-corrected chi connectivity index (χ1v) is 41.6. The summed E-state index contributed by atoms with van der Waals surface area (Å²) in [5.74, 6) is -4.08. The molecule has 5 aliphatic carbocycles. The summed E-state index contributed by atoms with van der Waals surface area (Å²) in [5.41, 5.74) is 8.47. The lowest BCUT2D eigenvalue weighted by atomic mass is 10.00. The number of aromatic nitrogens is 10. The number of benzene rings is 5. The van der Waals surface area contributed by atoms with Crippen molar-refractivity contribution in [2.75, 3.05) is 26.4 Å². The minimum absolute atomic E-state index is 0.00174. The number of hydrogen-bond acceptors (Lipinski definition) is 15. The minimum atomic E-state index is -3.02. The third-order valence-corrected chi connectivity index (χ3v) is 22.4. The van der Waals surface area contributed by atoms with Crippen LogP contribution in [0.1, 0.15) is 161 Å². The van der Waals surface area contributed by atoms with Crippen LogP contribution in [0.3, 0.4) is 0 Å². The summed E-state index contributed by atoms with van der Waals surface area (Å²) < 4.78 is 118. The van der Waals surface area contributed by atoms with Gasteiger partial charge in [-0.3, -0.25) is 24.0 Å². The van der Waals surface area contributed by atoms with E-state index < -0.39 is 49.0 Å². The molecular weight excluding hydrogens is 1670 g/mol. The Kier molecular flexibility index (Phi) is 24.0. The standard InChI is InChI=1S/C17H16ClF2N3O2.C17H17ClFN3O2.2C17H18ClN3O2.C16H13ClF3N3O2/c1-9-6-10(18)2-5-12(9)13-14(15(24)21-11-3-4-11)22-23-7-17(19,20)8-25-16(13)23;1-9-6-10(18)2-5-13(9)14-15(16(23)20-12-3-4-12)21-22-7-11(19)8-24-17(14)22;1-10-8-9-23-17-14(11-2-4-12(18)5-3-11)15(20-21(10)17)16(22)19-13-6-7-13;1-10-8-9-21-17(23-10)14(11-2-4-12(18)5-3-11)15(20-21)16(22)19-13-6-7-13;17-10-4-11(19)9(3-12(10)20)13-14(15(24)21-8-1-2-8)22-23-5-7(18)6-25-16(13)23/h2,5-6,11H,3-4,7-8H2,1H3,(H,21,24);2,5-6,11-12H,3-4,7-8H2,1H3,(H,20,23);2*2-5,10,13H,6-9H2,1H3,(H,19,22);3-4,7-8H,1-2,5-6H2,(H,21,24)/t;11-;;;7-/m.0..0/s1. The van der Waals surface area contributed by atoms with Crippen LogP contribution < -0.4 is 50.3 Å². The highest BCUT2D eigenvalue weighted by Crippen LogP contribution is 2.46. The van der Waals surface area contributed by atoms with Crippen LogP contribution in [0.15, 0.2) is 97.1 Å². The van der Waals surface area contributed by atoms with Gasteiger partial charge in [-0.1, -0.05) is 94.4 Å². The molecule has 4 atom stereocenters. The minimum Gasteiger partial charge on any atom is -0.477 e. The van der Waals surface area contributed by atoms with Crippen LogP contribution in [-0.2, 0) is 26.2 Å². The normalized spacial score (nSPS) is 19.4. The van der Waals surface area contributed by atoms with Gasteiger partial charge in [-0.25, -0.2) is 49.8 Å².